The minimum absolute atomic E-state index is 0.320. The van der Waals surface area contributed by atoms with Gasteiger partial charge in [0.05, 0.1) is 7.11 Å². The zero-order chi connectivity index (χ0) is 14.7. The van der Waals surface area contributed by atoms with Crippen molar-refractivity contribution in [3.8, 4) is 0 Å². The number of carbonyl (C=O) groups is 1. The van der Waals surface area contributed by atoms with Crippen molar-refractivity contribution in [2.45, 2.75) is 44.2 Å². The van der Waals surface area contributed by atoms with Crippen LogP contribution in [-0.2, 0) is 9.53 Å². The summed E-state index contributed by atoms with van der Waals surface area (Å²) in [5, 5.41) is 3.77. The molecule has 1 aliphatic carbocycles. The highest BCUT2D eigenvalue weighted by molar-refractivity contribution is 5.86. The van der Waals surface area contributed by atoms with Crippen molar-refractivity contribution < 1.29 is 9.53 Å². The van der Waals surface area contributed by atoms with Crippen molar-refractivity contribution in [3.63, 3.8) is 0 Å². The Labute approximate surface area is 126 Å². The summed E-state index contributed by atoms with van der Waals surface area (Å²) in [5.41, 5.74) is 2.38. The SMILES string of the molecule is COC(=O)/C=C/c1ccc(C2CCC(CC3CC3)N2)cc1. The van der Waals surface area contributed by atoms with E-state index in [0.717, 1.165) is 11.5 Å². The molecule has 1 aromatic carbocycles. The van der Waals surface area contributed by atoms with Gasteiger partial charge in [-0.25, -0.2) is 4.79 Å². The van der Waals surface area contributed by atoms with Gasteiger partial charge in [0.15, 0.2) is 0 Å². The van der Waals surface area contributed by atoms with Gasteiger partial charge in [-0.2, -0.15) is 0 Å². The maximum absolute atomic E-state index is 11.1. The molecule has 3 rings (SSSR count). The third-order valence-corrected chi connectivity index (χ3v) is 4.51. The molecule has 0 spiro atoms. The van der Waals surface area contributed by atoms with Crippen molar-refractivity contribution in [1.29, 1.82) is 0 Å². The summed E-state index contributed by atoms with van der Waals surface area (Å²) in [6.45, 7) is 0. The molecule has 3 nitrogen and oxygen atoms in total. The van der Waals surface area contributed by atoms with Gasteiger partial charge >= 0.3 is 5.97 Å². The fourth-order valence-corrected chi connectivity index (χ4v) is 3.10. The molecule has 0 aromatic heterocycles. The van der Waals surface area contributed by atoms with Gasteiger partial charge in [0, 0.05) is 18.2 Å². The van der Waals surface area contributed by atoms with E-state index < -0.39 is 0 Å². The van der Waals surface area contributed by atoms with Crippen molar-refractivity contribution >= 4 is 12.0 Å². The lowest BCUT2D eigenvalue weighted by Gasteiger charge is -2.14. The van der Waals surface area contributed by atoms with Crippen LogP contribution in [0.5, 0.6) is 0 Å². The first-order valence-corrected chi connectivity index (χ1v) is 7.86. The molecule has 1 saturated heterocycles. The molecule has 1 heterocycles. The van der Waals surface area contributed by atoms with Crippen molar-refractivity contribution in [3.05, 3.63) is 41.5 Å². The summed E-state index contributed by atoms with van der Waals surface area (Å²) < 4.78 is 4.59. The smallest absolute Gasteiger partial charge is 0.330 e. The molecule has 21 heavy (non-hydrogen) atoms. The Morgan fingerprint density at radius 3 is 2.67 bits per heavy atom. The van der Waals surface area contributed by atoms with E-state index in [2.05, 4.69) is 34.3 Å². The molecule has 1 aliphatic heterocycles. The molecule has 1 N–H and O–H groups in total. The van der Waals surface area contributed by atoms with Crippen molar-refractivity contribution in [2.75, 3.05) is 7.11 Å². The monoisotopic (exact) mass is 285 g/mol. The van der Waals surface area contributed by atoms with E-state index in [1.54, 1.807) is 6.08 Å². The molecule has 1 aromatic rings. The van der Waals surface area contributed by atoms with E-state index in [9.17, 15) is 4.79 Å². The quantitative estimate of drug-likeness (QED) is 0.665. The summed E-state index contributed by atoms with van der Waals surface area (Å²) in [6, 6.07) is 9.64. The van der Waals surface area contributed by atoms with Crippen LogP contribution in [-0.4, -0.2) is 19.1 Å². The average Bonchev–Trinajstić information content (AvgIpc) is 3.21. The summed E-state index contributed by atoms with van der Waals surface area (Å²) in [6.07, 6.45) is 9.99. The number of nitrogens with one attached hydrogen (secondary N) is 1. The van der Waals surface area contributed by atoms with Gasteiger partial charge in [0.25, 0.3) is 0 Å². The molecule has 0 radical (unpaired) electrons. The molecule has 2 unspecified atom stereocenters. The molecule has 3 heteroatoms. The molecule has 2 aliphatic rings. The van der Waals surface area contributed by atoms with Crippen LogP contribution in [0.3, 0.4) is 0 Å². The lowest BCUT2D eigenvalue weighted by atomic mass is 10.0. The third-order valence-electron chi connectivity index (χ3n) is 4.51. The van der Waals surface area contributed by atoms with E-state index >= 15 is 0 Å². The highest BCUT2D eigenvalue weighted by Gasteiger charge is 2.30. The molecule has 2 atom stereocenters. The van der Waals surface area contributed by atoms with Crippen LogP contribution in [0.1, 0.15) is 49.3 Å². The third kappa shape index (κ3) is 3.94. The summed E-state index contributed by atoms with van der Waals surface area (Å²) in [4.78, 5) is 11.1. The number of carbonyl (C=O) groups excluding carboxylic acids is 1. The highest BCUT2D eigenvalue weighted by atomic mass is 16.5. The Bertz CT molecular complexity index is 517. The highest BCUT2D eigenvalue weighted by Crippen LogP contribution is 2.37. The van der Waals surface area contributed by atoms with E-state index in [0.29, 0.717) is 12.1 Å². The molecule has 2 fully saturated rings. The first-order valence-electron chi connectivity index (χ1n) is 7.86. The van der Waals surface area contributed by atoms with E-state index in [1.807, 2.05) is 0 Å². The number of benzene rings is 1. The molecular formula is C18H23NO2. The second-order valence-corrected chi connectivity index (χ2v) is 6.20. The van der Waals surface area contributed by atoms with Crippen LogP contribution in [0.25, 0.3) is 6.08 Å². The van der Waals surface area contributed by atoms with Crippen LogP contribution in [0.2, 0.25) is 0 Å². The number of hydrogen-bond acceptors (Lipinski definition) is 3. The molecule has 0 bridgehead atoms. The second kappa shape index (κ2) is 6.44. The molecule has 1 saturated carbocycles. The summed E-state index contributed by atoms with van der Waals surface area (Å²) in [5.74, 6) is 0.673. The van der Waals surface area contributed by atoms with Gasteiger partial charge in [-0.3, -0.25) is 0 Å². The van der Waals surface area contributed by atoms with Gasteiger partial charge in [0.2, 0.25) is 0 Å². The maximum atomic E-state index is 11.1. The van der Waals surface area contributed by atoms with Gasteiger partial charge in [-0.05, 0) is 42.4 Å². The van der Waals surface area contributed by atoms with Gasteiger partial charge < -0.3 is 10.1 Å². The number of rotatable bonds is 5. The minimum Gasteiger partial charge on any atom is -0.466 e. The Hall–Kier alpha value is -1.61. The standard InChI is InChI=1S/C18H23NO2/c1-21-18(20)11-6-13-4-7-15(8-5-13)17-10-9-16(19-17)12-14-2-3-14/h4-8,11,14,16-17,19H,2-3,9-10,12H2,1H3/b11-6+. The maximum Gasteiger partial charge on any atom is 0.330 e. The average molecular weight is 285 g/mol. The van der Waals surface area contributed by atoms with E-state index in [1.165, 1.54) is 50.9 Å². The fourth-order valence-electron chi connectivity index (χ4n) is 3.10. The zero-order valence-corrected chi connectivity index (χ0v) is 12.5. The van der Waals surface area contributed by atoms with Crippen molar-refractivity contribution in [2.24, 2.45) is 5.92 Å². The Kier molecular flexibility index (Phi) is 4.39. The lowest BCUT2D eigenvalue weighted by Crippen LogP contribution is -2.24. The normalized spacial score (nSPS) is 25.4. The van der Waals surface area contributed by atoms with Crippen LogP contribution in [0.15, 0.2) is 30.3 Å². The Morgan fingerprint density at radius 2 is 2.00 bits per heavy atom. The van der Waals surface area contributed by atoms with Gasteiger partial charge in [-0.1, -0.05) is 37.1 Å². The zero-order valence-electron chi connectivity index (χ0n) is 12.5. The van der Waals surface area contributed by atoms with Gasteiger partial charge in [-0.15, -0.1) is 0 Å². The van der Waals surface area contributed by atoms with Crippen LogP contribution < -0.4 is 5.32 Å². The number of hydrogen-bond donors (Lipinski definition) is 1. The van der Waals surface area contributed by atoms with Crippen molar-refractivity contribution in [1.82, 2.24) is 5.32 Å². The fraction of sp³-hybridized carbons (Fsp3) is 0.500. The van der Waals surface area contributed by atoms with Gasteiger partial charge in [0.1, 0.15) is 0 Å². The first kappa shape index (κ1) is 14.3. The number of methoxy groups -OCH3 is 1. The molecule has 0 amide bonds. The molecule has 112 valence electrons. The second-order valence-electron chi connectivity index (χ2n) is 6.20. The molecular weight excluding hydrogens is 262 g/mol. The predicted octanol–water partition coefficient (Wildman–Crippen LogP) is 3.47. The first-order chi connectivity index (χ1) is 10.2. The van der Waals surface area contributed by atoms with E-state index in [4.69, 9.17) is 0 Å². The minimum atomic E-state index is -0.320. The lowest BCUT2D eigenvalue weighted by molar-refractivity contribution is -0.134. The summed E-state index contributed by atoms with van der Waals surface area (Å²) >= 11 is 0. The predicted molar refractivity (Wildman–Crippen MR) is 83.7 cm³/mol. The number of esters is 1. The number of ether oxygens (including phenoxy) is 1. The van der Waals surface area contributed by atoms with E-state index in [-0.39, 0.29) is 5.97 Å². The Balaban J connectivity index is 1.56. The summed E-state index contributed by atoms with van der Waals surface area (Å²) in [7, 11) is 1.39. The topological polar surface area (TPSA) is 38.3 Å². The van der Waals surface area contributed by atoms with Crippen LogP contribution in [0, 0.1) is 5.92 Å². The Morgan fingerprint density at radius 1 is 1.24 bits per heavy atom. The van der Waals surface area contributed by atoms with Crippen LogP contribution in [0.4, 0.5) is 0 Å². The van der Waals surface area contributed by atoms with Crippen LogP contribution >= 0.6 is 0 Å². The largest absolute Gasteiger partial charge is 0.466 e.